The van der Waals surface area contributed by atoms with Crippen molar-refractivity contribution >= 4 is 31.9 Å². The van der Waals surface area contributed by atoms with Gasteiger partial charge in [0, 0.05) is 36.2 Å². The van der Waals surface area contributed by atoms with Gasteiger partial charge in [-0.25, -0.2) is 0 Å². The summed E-state index contributed by atoms with van der Waals surface area (Å²) in [6.45, 7) is 6.91. The Bertz CT molecular complexity index is 1300. The van der Waals surface area contributed by atoms with Crippen LogP contribution in [-0.4, -0.2) is 43.7 Å². The first-order chi connectivity index (χ1) is 15.6. The highest BCUT2D eigenvalue weighted by atomic mass is 32.2. The summed E-state index contributed by atoms with van der Waals surface area (Å²) >= 11 is 0. The molecule has 0 atom stereocenters. The Morgan fingerprint density at radius 1 is 0.853 bits per heavy atom. The van der Waals surface area contributed by atoms with Crippen LogP contribution in [0.4, 0.5) is 0 Å². The smallest absolute Gasteiger partial charge is 0.295 e. The van der Waals surface area contributed by atoms with Crippen LogP contribution >= 0.6 is 0 Å². The number of carbonyl (C=O) groups excluding carboxylic acids is 2. The summed E-state index contributed by atoms with van der Waals surface area (Å²) in [6.07, 6.45) is 0. The summed E-state index contributed by atoms with van der Waals surface area (Å²) < 4.78 is 66.3. The van der Waals surface area contributed by atoms with Gasteiger partial charge in [0.25, 0.3) is 26.1 Å². The Morgan fingerprint density at radius 2 is 1.47 bits per heavy atom. The van der Waals surface area contributed by atoms with E-state index in [1.165, 1.54) is 24.3 Å². The lowest BCUT2D eigenvalue weighted by Crippen LogP contribution is -2.25. The molecule has 186 valence electrons. The Hall–Kier alpha value is -2.64. The van der Waals surface area contributed by atoms with E-state index in [0.29, 0.717) is 0 Å². The number of hydrogen-bond donors (Lipinski definition) is 4. The van der Waals surface area contributed by atoms with Crippen molar-refractivity contribution in [2.45, 2.75) is 56.6 Å². The zero-order valence-electron chi connectivity index (χ0n) is 19.2. The van der Waals surface area contributed by atoms with Crippen molar-refractivity contribution in [1.29, 1.82) is 0 Å². The molecule has 0 saturated carbocycles. The molecule has 4 N–H and O–H groups in total. The molecule has 0 aromatic heterocycles. The topological polar surface area (TPSA) is 167 Å². The summed E-state index contributed by atoms with van der Waals surface area (Å²) in [6, 6.07) is 7.72. The molecule has 0 bridgehead atoms. The number of ketones is 1. The average molecular weight is 513 g/mol. The molecule has 12 heteroatoms. The van der Waals surface area contributed by atoms with E-state index in [2.05, 4.69) is 10.6 Å². The van der Waals surface area contributed by atoms with Gasteiger partial charge < -0.3 is 10.6 Å². The molecule has 0 aliphatic rings. The van der Waals surface area contributed by atoms with Crippen LogP contribution < -0.4 is 10.6 Å². The third-order valence-electron chi connectivity index (χ3n) is 4.87. The molecule has 0 spiro atoms. The normalized spacial score (nSPS) is 12.2. The van der Waals surface area contributed by atoms with Gasteiger partial charge in [-0.05, 0) is 35.4 Å². The second-order valence-corrected chi connectivity index (χ2v) is 11.1. The highest BCUT2D eigenvalue weighted by molar-refractivity contribution is 7.86. The minimum absolute atomic E-state index is 0.0393. The Labute approximate surface area is 199 Å². The van der Waals surface area contributed by atoms with Crippen LogP contribution in [-0.2, 0) is 33.3 Å². The van der Waals surface area contributed by atoms with Gasteiger partial charge in [-0.3, -0.25) is 18.7 Å². The van der Waals surface area contributed by atoms with Gasteiger partial charge in [0.2, 0.25) is 0 Å². The Kier molecular flexibility index (Phi) is 8.72. The van der Waals surface area contributed by atoms with Gasteiger partial charge in [0.1, 0.15) is 4.90 Å². The van der Waals surface area contributed by atoms with E-state index >= 15 is 0 Å². The van der Waals surface area contributed by atoms with Gasteiger partial charge in [0.15, 0.2) is 5.78 Å². The van der Waals surface area contributed by atoms with Gasteiger partial charge in [-0.1, -0.05) is 39.8 Å². The van der Waals surface area contributed by atoms with Crippen LogP contribution in [0.3, 0.4) is 0 Å². The standard InChI is InChI=1S/C22H28N2O8S2/c1-13(2)21(25)18-8-5-15(9-20(18)34(30,31)32)11-24-22(26)16-6-7-17(12-23-14(3)4)19(10-16)33(27,28)29/h5-10,13-14,23H,11-12H2,1-4H3,(H,24,26)(H,27,28,29)(H,30,31,32). The maximum Gasteiger partial charge on any atom is 0.295 e. The molecule has 1 amide bonds. The van der Waals surface area contributed by atoms with E-state index in [0.717, 1.165) is 12.1 Å². The zero-order valence-corrected chi connectivity index (χ0v) is 20.8. The highest BCUT2D eigenvalue weighted by Crippen LogP contribution is 2.22. The SMILES string of the molecule is CC(C)NCc1ccc(C(=O)NCc2ccc(C(=O)C(C)C)c(S(=O)(=O)O)c2)cc1S(=O)(=O)O. The van der Waals surface area contributed by atoms with Crippen LogP contribution in [0, 0.1) is 5.92 Å². The van der Waals surface area contributed by atoms with E-state index < -0.39 is 47.6 Å². The second-order valence-electron chi connectivity index (χ2n) is 8.34. The van der Waals surface area contributed by atoms with Crippen molar-refractivity contribution in [3.8, 4) is 0 Å². The number of Topliss-reactive ketones (excluding diaryl/α,β-unsaturated/α-hetero) is 1. The summed E-state index contributed by atoms with van der Waals surface area (Å²) in [5.74, 6) is -1.64. The summed E-state index contributed by atoms with van der Waals surface area (Å²) in [4.78, 5) is 23.9. The van der Waals surface area contributed by atoms with Crippen molar-refractivity contribution < 1.29 is 35.5 Å². The lowest BCUT2D eigenvalue weighted by molar-refractivity contribution is 0.0931. The van der Waals surface area contributed by atoms with Crippen molar-refractivity contribution in [3.63, 3.8) is 0 Å². The molecule has 0 aliphatic carbocycles. The molecule has 0 aliphatic heterocycles. The largest absolute Gasteiger partial charge is 0.348 e. The van der Waals surface area contributed by atoms with Gasteiger partial charge in [-0.15, -0.1) is 0 Å². The lowest BCUT2D eigenvalue weighted by atomic mass is 10.00. The molecular formula is C22H28N2O8S2. The van der Waals surface area contributed by atoms with Crippen LogP contribution in [0.15, 0.2) is 46.2 Å². The number of amides is 1. The van der Waals surface area contributed by atoms with E-state index in [1.807, 2.05) is 13.8 Å². The number of carbonyl (C=O) groups is 2. The Balaban J connectivity index is 2.29. The number of nitrogens with one attached hydrogen (secondary N) is 2. The molecule has 0 saturated heterocycles. The van der Waals surface area contributed by atoms with E-state index in [4.69, 9.17) is 0 Å². The number of rotatable bonds is 10. The van der Waals surface area contributed by atoms with E-state index in [-0.39, 0.29) is 41.4 Å². The van der Waals surface area contributed by atoms with Crippen LogP contribution in [0.5, 0.6) is 0 Å². The monoisotopic (exact) mass is 512 g/mol. The van der Waals surface area contributed by atoms with Crippen LogP contribution in [0.2, 0.25) is 0 Å². The Morgan fingerprint density at radius 3 is 2.00 bits per heavy atom. The number of benzene rings is 2. The zero-order chi connectivity index (χ0) is 25.8. The fourth-order valence-electron chi connectivity index (χ4n) is 3.09. The molecule has 0 radical (unpaired) electrons. The van der Waals surface area contributed by atoms with Crippen molar-refractivity contribution in [1.82, 2.24) is 10.6 Å². The quantitative estimate of drug-likeness (QED) is 0.276. The molecule has 0 unspecified atom stereocenters. The van der Waals surface area contributed by atoms with E-state index in [1.54, 1.807) is 13.8 Å². The predicted octanol–water partition coefficient (Wildman–Crippen LogP) is 2.45. The van der Waals surface area contributed by atoms with Crippen LogP contribution in [0.1, 0.15) is 59.5 Å². The second kappa shape index (κ2) is 10.7. The molecule has 2 rings (SSSR count). The summed E-state index contributed by atoms with van der Waals surface area (Å²) in [5.41, 5.74) is 0.378. The third-order valence-corrected chi connectivity index (χ3v) is 6.70. The number of hydrogen-bond acceptors (Lipinski definition) is 7. The summed E-state index contributed by atoms with van der Waals surface area (Å²) in [5, 5.41) is 5.56. The molecule has 34 heavy (non-hydrogen) atoms. The molecule has 0 fully saturated rings. The van der Waals surface area contributed by atoms with Gasteiger partial charge in [-0.2, -0.15) is 16.8 Å². The third kappa shape index (κ3) is 7.18. The van der Waals surface area contributed by atoms with Gasteiger partial charge in [0.05, 0.1) is 4.90 Å². The minimum atomic E-state index is -4.70. The van der Waals surface area contributed by atoms with Crippen molar-refractivity contribution in [3.05, 3.63) is 58.7 Å². The summed E-state index contributed by atoms with van der Waals surface area (Å²) in [7, 11) is -9.29. The first kappa shape index (κ1) is 27.6. The van der Waals surface area contributed by atoms with Crippen molar-refractivity contribution in [2.75, 3.05) is 0 Å². The molecular weight excluding hydrogens is 484 g/mol. The molecule has 10 nitrogen and oxygen atoms in total. The first-order valence-corrected chi connectivity index (χ1v) is 13.3. The fraction of sp³-hybridized carbons (Fsp3) is 0.364. The predicted molar refractivity (Wildman–Crippen MR) is 125 cm³/mol. The minimum Gasteiger partial charge on any atom is -0.348 e. The maximum atomic E-state index is 12.6. The van der Waals surface area contributed by atoms with Crippen molar-refractivity contribution in [2.24, 2.45) is 5.92 Å². The average Bonchev–Trinajstić information content (AvgIpc) is 2.73. The molecule has 2 aromatic carbocycles. The van der Waals surface area contributed by atoms with Crippen LogP contribution in [0.25, 0.3) is 0 Å². The molecule has 0 heterocycles. The first-order valence-electron chi connectivity index (χ1n) is 10.4. The maximum absolute atomic E-state index is 12.6. The molecule has 2 aromatic rings. The van der Waals surface area contributed by atoms with Gasteiger partial charge >= 0.3 is 0 Å². The fourth-order valence-corrected chi connectivity index (χ4v) is 4.58. The van der Waals surface area contributed by atoms with E-state index in [9.17, 15) is 35.5 Å². The lowest BCUT2D eigenvalue weighted by Gasteiger charge is -2.13. The highest BCUT2D eigenvalue weighted by Gasteiger charge is 2.23.